The van der Waals surface area contributed by atoms with Crippen LogP contribution in [0.2, 0.25) is 10.9 Å². The number of nitrogens with zero attached hydrogens (tertiary/aromatic N) is 2. The summed E-state index contributed by atoms with van der Waals surface area (Å²) >= 11 is 0. The summed E-state index contributed by atoms with van der Waals surface area (Å²) in [5.74, 6) is 1.04. The van der Waals surface area contributed by atoms with Crippen LogP contribution < -0.4 is 0 Å². The van der Waals surface area contributed by atoms with Crippen molar-refractivity contribution in [3.63, 3.8) is 0 Å². The molecule has 0 unspecified atom stereocenters. The summed E-state index contributed by atoms with van der Waals surface area (Å²) in [4.78, 5) is 4.94. The maximum atomic E-state index is 2.47. The van der Waals surface area contributed by atoms with Crippen molar-refractivity contribution in [1.29, 1.82) is 0 Å². The molecule has 2 aliphatic rings. The van der Waals surface area contributed by atoms with Crippen molar-refractivity contribution in [2.75, 3.05) is 28.2 Å². The lowest BCUT2D eigenvalue weighted by Gasteiger charge is -2.59. The summed E-state index contributed by atoms with van der Waals surface area (Å²) < 4.78 is 0. The summed E-state index contributed by atoms with van der Waals surface area (Å²) in [5, 5.41) is 0.424. The number of hydrogen-bond donors (Lipinski definition) is 0. The van der Waals surface area contributed by atoms with E-state index in [0.29, 0.717) is 5.21 Å². The topological polar surface area (TPSA) is 6.48 Å². The third kappa shape index (κ3) is 2.90. The van der Waals surface area contributed by atoms with Gasteiger partial charge < -0.3 is 9.62 Å². The zero-order chi connectivity index (χ0) is 14.2. The fourth-order valence-electron chi connectivity index (χ4n) is 5.47. The molecule has 1 aliphatic heterocycles. The lowest BCUT2D eigenvalue weighted by molar-refractivity contribution is 0.449. The zero-order valence-corrected chi connectivity index (χ0v) is 13.9. The molecule has 2 rings (SSSR count). The van der Waals surface area contributed by atoms with Crippen LogP contribution in [0.3, 0.4) is 0 Å². The van der Waals surface area contributed by atoms with Crippen LogP contribution in [0, 0.1) is 5.92 Å². The van der Waals surface area contributed by atoms with E-state index in [9.17, 15) is 0 Å². The van der Waals surface area contributed by atoms with Gasteiger partial charge in [-0.05, 0) is 39.3 Å². The van der Waals surface area contributed by atoms with Gasteiger partial charge in [0, 0.05) is 0 Å². The maximum absolute atomic E-state index is 2.47. The normalized spacial score (nSPS) is 24.6. The van der Waals surface area contributed by atoms with E-state index in [4.69, 9.17) is 0 Å². The van der Waals surface area contributed by atoms with E-state index in [2.05, 4.69) is 51.7 Å². The summed E-state index contributed by atoms with van der Waals surface area (Å²) in [5.41, 5.74) is 0.862. The Labute approximate surface area is 121 Å². The predicted octanol–water partition coefficient (Wildman–Crippen LogP) is 3.31. The first kappa shape index (κ1) is 15.4. The number of hydrogen-bond acceptors (Lipinski definition) is 2. The molecule has 0 radical (unpaired) electrons. The molecular weight excluding hydrogens is 230 g/mol. The SMILES string of the molecule is CN(C)B1C(CCC2CCCC2)B(N(C)C)C1(C)C. The van der Waals surface area contributed by atoms with Crippen LogP contribution in [0.15, 0.2) is 0 Å². The molecule has 19 heavy (non-hydrogen) atoms. The summed E-state index contributed by atoms with van der Waals surface area (Å²) in [6, 6.07) is 0. The lowest BCUT2D eigenvalue weighted by atomic mass is 8.98. The van der Waals surface area contributed by atoms with Gasteiger partial charge in [-0.3, -0.25) is 0 Å². The molecule has 2 fully saturated rings. The minimum Gasteiger partial charge on any atom is -0.348 e. The predicted molar refractivity (Wildman–Crippen MR) is 87.9 cm³/mol. The van der Waals surface area contributed by atoms with Crippen LogP contribution in [0.1, 0.15) is 52.4 Å². The highest BCUT2D eigenvalue weighted by Gasteiger charge is 2.62. The van der Waals surface area contributed by atoms with E-state index < -0.39 is 0 Å². The molecule has 0 amide bonds. The summed E-state index contributed by atoms with van der Waals surface area (Å²) in [6.07, 6.45) is 8.85. The highest BCUT2D eigenvalue weighted by molar-refractivity contribution is 6.99. The Morgan fingerprint density at radius 3 is 1.79 bits per heavy atom. The average molecular weight is 262 g/mol. The van der Waals surface area contributed by atoms with Crippen molar-refractivity contribution in [2.45, 2.75) is 63.3 Å². The molecule has 1 heterocycles. The summed E-state index contributed by atoms with van der Waals surface area (Å²) in [6.45, 7) is 6.41. The lowest BCUT2D eigenvalue weighted by Crippen LogP contribution is -2.71. The quantitative estimate of drug-likeness (QED) is 0.701. The van der Waals surface area contributed by atoms with Gasteiger partial charge in [-0.25, -0.2) is 0 Å². The Bertz CT molecular complexity index is 281. The largest absolute Gasteiger partial charge is 0.348 e. The smallest absolute Gasteiger partial charge is 0.219 e. The fraction of sp³-hybridized carbons (Fsp3) is 1.00. The van der Waals surface area contributed by atoms with Gasteiger partial charge in [-0.1, -0.05) is 58.1 Å². The van der Waals surface area contributed by atoms with Gasteiger partial charge in [0.15, 0.2) is 0 Å². The van der Waals surface area contributed by atoms with E-state index in [-0.39, 0.29) is 0 Å². The Morgan fingerprint density at radius 2 is 1.37 bits per heavy atom. The molecule has 1 saturated heterocycles. The molecule has 1 saturated carbocycles. The van der Waals surface area contributed by atoms with E-state index >= 15 is 0 Å². The van der Waals surface area contributed by atoms with E-state index in [1.807, 2.05) is 0 Å². The first-order valence-electron chi connectivity index (χ1n) is 8.18. The second-order valence-corrected chi connectivity index (χ2v) is 8.03. The van der Waals surface area contributed by atoms with Crippen LogP contribution in [-0.4, -0.2) is 51.5 Å². The Morgan fingerprint density at radius 1 is 0.895 bits per heavy atom. The molecule has 0 atom stereocenters. The van der Waals surface area contributed by atoms with Gasteiger partial charge in [0.25, 0.3) is 0 Å². The highest BCUT2D eigenvalue weighted by Crippen LogP contribution is 2.55. The number of rotatable bonds is 5. The Balaban J connectivity index is 1.98. The molecule has 2 nitrogen and oxygen atoms in total. The second-order valence-electron chi connectivity index (χ2n) is 8.03. The monoisotopic (exact) mass is 262 g/mol. The third-order valence-corrected chi connectivity index (χ3v) is 5.83. The Kier molecular flexibility index (Phi) is 4.72. The molecule has 0 bridgehead atoms. The summed E-state index contributed by atoms with van der Waals surface area (Å²) in [7, 11) is 9.06. The first-order chi connectivity index (χ1) is 8.85. The van der Waals surface area contributed by atoms with Crippen molar-refractivity contribution in [1.82, 2.24) is 9.62 Å². The molecule has 1 aliphatic carbocycles. The van der Waals surface area contributed by atoms with Gasteiger partial charge in [0.1, 0.15) is 0 Å². The van der Waals surface area contributed by atoms with Crippen molar-refractivity contribution in [3.8, 4) is 0 Å². The molecule has 4 heteroatoms. The van der Waals surface area contributed by atoms with Crippen LogP contribution in [0.5, 0.6) is 0 Å². The van der Waals surface area contributed by atoms with Gasteiger partial charge in [-0.2, -0.15) is 0 Å². The molecule has 0 aromatic rings. The molecular formula is C15H32B2N2. The molecule has 0 N–H and O–H groups in total. The van der Waals surface area contributed by atoms with Crippen molar-refractivity contribution in [2.24, 2.45) is 5.92 Å². The van der Waals surface area contributed by atoms with Gasteiger partial charge >= 0.3 is 0 Å². The molecule has 0 aromatic heterocycles. The van der Waals surface area contributed by atoms with Crippen LogP contribution >= 0.6 is 0 Å². The van der Waals surface area contributed by atoms with E-state index in [1.54, 1.807) is 0 Å². The first-order valence-corrected chi connectivity index (χ1v) is 8.18. The zero-order valence-electron chi connectivity index (χ0n) is 13.9. The van der Waals surface area contributed by atoms with Crippen LogP contribution in [0.4, 0.5) is 0 Å². The van der Waals surface area contributed by atoms with Gasteiger partial charge in [-0.15, -0.1) is 0 Å². The minimum absolute atomic E-state index is 0.424. The average Bonchev–Trinajstić information content (AvgIpc) is 2.74. The minimum atomic E-state index is 0.424. The van der Waals surface area contributed by atoms with Gasteiger partial charge in [0.05, 0.1) is 0 Å². The molecule has 108 valence electrons. The highest BCUT2D eigenvalue weighted by atomic mass is 15.1. The van der Waals surface area contributed by atoms with Crippen molar-refractivity contribution < 1.29 is 0 Å². The van der Waals surface area contributed by atoms with E-state index in [1.165, 1.54) is 38.5 Å². The van der Waals surface area contributed by atoms with Crippen LogP contribution in [0.25, 0.3) is 0 Å². The van der Waals surface area contributed by atoms with Crippen molar-refractivity contribution >= 4 is 13.7 Å². The molecule has 0 aromatic carbocycles. The third-order valence-electron chi connectivity index (χ3n) is 5.83. The molecule has 0 spiro atoms. The van der Waals surface area contributed by atoms with Crippen LogP contribution in [-0.2, 0) is 0 Å². The Hall–Kier alpha value is 0.0499. The van der Waals surface area contributed by atoms with E-state index in [0.717, 1.165) is 25.3 Å². The van der Waals surface area contributed by atoms with Crippen molar-refractivity contribution in [3.05, 3.63) is 0 Å². The second kappa shape index (κ2) is 5.81. The standard InChI is InChI=1S/C15H32B2N2/c1-15(2)16(18(3)4)14(17(15)19(5)6)12-11-13-9-7-8-10-13/h13-14H,7-12H2,1-6H3. The maximum Gasteiger partial charge on any atom is 0.219 e. The van der Waals surface area contributed by atoms with Gasteiger partial charge in [0.2, 0.25) is 13.7 Å². The fourth-order valence-corrected chi connectivity index (χ4v) is 5.47.